The number of anilines is 3. The van der Waals surface area contributed by atoms with Gasteiger partial charge in [0.05, 0.1) is 0 Å². The number of fused-ring (bicyclic) bond motifs is 4. The Bertz CT molecular complexity index is 2860. The molecule has 0 spiro atoms. The Labute approximate surface area is 311 Å². The number of rotatable bonds is 7. The second-order valence-corrected chi connectivity index (χ2v) is 14.2. The monoisotopic (exact) mass is 696 g/mol. The fraction of sp³-hybridized carbons (Fsp3) is 0. The average molecular weight is 697 g/mol. The molecule has 0 unspecified atom stereocenters. The third kappa shape index (κ3) is 5.66. The molecule has 0 N–H and O–H groups in total. The highest BCUT2D eigenvalue weighted by molar-refractivity contribution is 7.26. The number of para-hydroxylation sites is 1. The van der Waals surface area contributed by atoms with E-state index in [1.54, 1.807) is 11.3 Å². The van der Waals surface area contributed by atoms with Gasteiger partial charge in [0.15, 0.2) is 5.58 Å². The van der Waals surface area contributed by atoms with Crippen LogP contribution in [-0.2, 0) is 0 Å². The Balaban J connectivity index is 1.14. The Hall–Kier alpha value is -6.75. The highest BCUT2D eigenvalue weighted by Crippen LogP contribution is 2.46. The van der Waals surface area contributed by atoms with E-state index in [9.17, 15) is 0 Å². The molecule has 0 atom stereocenters. The van der Waals surface area contributed by atoms with Crippen LogP contribution < -0.4 is 4.90 Å². The molecule has 0 saturated carbocycles. The van der Waals surface area contributed by atoms with Crippen LogP contribution in [0.4, 0.5) is 17.1 Å². The number of benzene rings is 8. The van der Waals surface area contributed by atoms with Crippen LogP contribution in [0.1, 0.15) is 0 Å². The van der Waals surface area contributed by atoms with Crippen LogP contribution in [0.25, 0.3) is 76.1 Å². The quantitative estimate of drug-likeness (QED) is 0.166. The molecule has 4 heteroatoms. The largest absolute Gasteiger partial charge is 0.436 e. The maximum Gasteiger partial charge on any atom is 0.227 e. The Morgan fingerprint density at radius 2 is 1.02 bits per heavy atom. The molecule has 2 aromatic heterocycles. The summed E-state index contributed by atoms with van der Waals surface area (Å²) in [6.07, 6.45) is 0. The summed E-state index contributed by atoms with van der Waals surface area (Å²) in [7, 11) is 0. The first-order chi connectivity index (χ1) is 26.3. The molecule has 0 fully saturated rings. The zero-order valence-corrected chi connectivity index (χ0v) is 29.5. The summed E-state index contributed by atoms with van der Waals surface area (Å²) in [4.78, 5) is 7.21. The summed E-state index contributed by atoms with van der Waals surface area (Å²) in [5.74, 6) is 0.641. The lowest BCUT2D eigenvalue weighted by atomic mass is 9.91. The molecule has 53 heavy (non-hydrogen) atoms. The molecule has 10 rings (SSSR count). The van der Waals surface area contributed by atoms with E-state index in [0.29, 0.717) is 5.89 Å². The number of oxazole rings is 1. The summed E-state index contributed by atoms with van der Waals surface area (Å²) in [6.45, 7) is 0. The minimum absolute atomic E-state index is 0.641. The molecule has 0 amide bonds. The van der Waals surface area contributed by atoms with E-state index in [2.05, 4.69) is 169 Å². The third-order valence-electron chi connectivity index (χ3n) is 9.91. The molecule has 2 heterocycles. The number of thiophene rings is 1. The van der Waals surface area contributed by atoms with Gasteiger partial charge in [-0.3, -0.25) is 0 Å². The van der Waals surface area contributed by atoms with Gasteiger partial charge in [-0.1, -0.05) is 127 Å². The van der Waals surface area contributed by atoms with Crippen molar-refractivity contribution in [3.8, 4) is 44.8 Å². The minimum atomic E-state index is 0.641. The molecule has 0 aliphatic carbocycles. The van der Waals surface area contributed by atoms with Gasteiger partial charge >= 0.3 is 0 Å². The van der Waals surface area contributed by atoms with Crippen molar-refractivity contribution in [1.82, 2.24) is 4.98 Å². The van der Waals surface area contributed by atoms with Crippen molar-refractivity contribution in [1.29, 1.82) is 0 Å². The summed E-state index contributed by atoms with van der Waals surface area (Å²) in [5, 5.41) is 2.41. The van der Waals surface area contributed by atoms with Crippen LogP contribution in [0.3, 0.4) is 0 Å². The molecule has 250 valence electrons. The lowest BCUT2D eigenvalue weighted by Gasteiger charge is -2.27. The zero-order chi connectivity index (χ0) is 35.1. The fourth-order valence-corrected chi connectivity index (χ4v) is 8.54. The van der Waals surface area contributed by atoms with Crippen molar-refractivity contribution in [3.05, 3.63) is 194 Å². The maximum absolute atomic E-state index is 6.37. The lowest BCUT2D eigenvalue weighted by Crippen LogP contribution is -2.10. The molecule has 0 radical (unpaired) electrons. The van der Waals surface area contributed by atoms with Gasteiger partial charge in [-0.2, -0.15) is 0 Å². The van der Waals surface area contributed by atoms with Gasteiger partial charge in [-0.15, -0.1) is 11.3 Å². The highest BCUT2D eigenvalue weighted by atomic mass is 32.1. The summed E-state index contributed by atoms with van der Waals surface area (Å²) in [6, 6.07) is 68.8. The van der Waals surface area contributed by atoms with Gasteiger partial charge in [0.1, 0.15) is 5.52 Å². The van der Waals surface area contributed by atoms with E-state index in [4.69, 9.17) is 9.40 Å². The average Bonchev–Trinajstić information content (AvgIpc) is 3.82. The van der Waals surface area contributed by atoms with Gasteiger partial charge in [-0.05, 0) is 100 Å². The number of hydrogen-bond donors (Lipinski definition) is 0. The summed E-state index contributed by atoms with van der Waals surface area (Å²) in [5.41, 5.74) is 13.0. The van der Waals surface area contributed by atoms with Crippen molar-refractivity contribution >= 4 is 59.7 Å². The standard InChI is InChI=1S/C49H32N2OS/c1-5-14-33(15-6-1)34-24-26-38(27-25-34)51(37-20-11-4-12-21-37)39-28-29-40(42(30-39)35-16-7-2-8-17-35)41-22-13-23-46-48(41)43-31-45-44(32-47(43)53-46)50-49(52-45)36-18-9-3-10-19-36/h1-32H. The molecule has 3 nitrogen and oxygen atoms in total. The van der Waals surface area contributed by atoms with Gasteiger partial charge < -0.3 is 9.32 Å². The van der Waals surface area contributed by atoms with Crippen molar-refractivity contribution in [3.63, 3.8) is 0 Å². The van der Waals surface area contributed by atoms with Gasteiger partial charge in [0, 0.05) is 42.8 Å². The second-order valence-electron chi connectivity index (χ2n) is 13.2. The minimum Gasteiger partial charge on any atom is -0.436 e. The molecule has 10 aromatic rings. The number of hydrogen-bond acceptors (Lipinski definition) is 4. The van der Waals surface area contributed by atoms with Crippen LogP contribution in [0.15, 0.2) is 199 Å². The van der Waals surface area contributed by atoms with Crippen molar-refractivity contribution in [2.75, 3.05) is 4.90 Å². The third-order valence-corrected chi connectivity index (χ3v) is 11.0. The van der Waals surface area contributed by atoms with Crippen LogP contribution in [0.2, 0.25) is 0 Å². The van der Waals surface area contributed by atoms with E-state index in [1.165, 1.54) is 53.6 Å². The molecule has 0 aliphatic heterocycles. The van der Waals surface area contributed by atoms with E-state index < -0.39 is 0 Å². The Kier molecular flexibility index (Phi) is 7.67. The van der Waals surface area contributed by atoms with Crippen LogP contribution in [-0.4, -0.2) is 4.98 Å². The van der Waals surface area contributed by atoms with Crippen molar-refractivity contribution in [2.24, 2.45) is 0 Å². The maximum atomic E-state index is 6.37. The van der Waals surface area contributed by atoms with Gasteiger partial charge in [-0.25, -0.2) is 4.98 Å². The molecule has 8 aromatic carbocycles. The summed E-state index contributed by atoms with van der Waals surface area (Å²) >= 11 is 1.80. The van der Waals surface area contributed by atoms with Crippen molar-refractivity contribution < 1.29 is 4.42 Å². The fourth-order valence-electron chi connectivity index (χ4n) is 7.40. The van der Waals surface area contributed by atoms with Crippen LogP contribution in [0, 0.1) is 0 Å². The predicted octanol–water partition coefficient (Wildman–Crippen LogP) is 14.3. The van der Waals surface area contributed by atoms with E-state index >= 15 is 0 Å². The number of nitrogens with zero attached hydrogens (tertiary/aromatic N) is 2. The van der Waals surface area contributed by atoms with E-state index in [0.717, 1.165) is 33.7 Å². The smallest absolute Gasteiger partial charge is 0.227 e. The lowest BCUT2D eigenvalue weighted by molar-refractivity contribution is 0.620. The molecule has 0 saturated heterocycles. The van der Waals surface area contributed by atoms with Gasteiger partial charge in [0.2, 0.25) is 5.89 Å². The Morgan fingerprint density at radius 1 is 0.415 bits per heavy atom. The van der Waals surface area contributed by atoms with Crippen molar-refractivity contribution in [2.45, 2.75) is 0 Å². The molecule has 0 aliphatic rings. The first-order valence-electron chi connectivity index (χ1n) is 17.8. The topological polar surface area (TPSA) is 29.3 Å². The Morgan fingerprint density at radius 3 is 1.74 bits per heavy atom. The van der Waals surface area contributed by atoms with Crippen LogP contribution >= 0.6 is 11.3 Å². The number of aromatic nitrogens is 1. The van der Waals surface area contributed by atoms with Crippen LogP contribution in [0.5, 0.6) is 0 Å². The second kappa shape index (κ2) is 13.1. The highest BCUT2D eigenvalue weighted by Gasteiger charge is 2.20. The summed E-state index contributed by atoms with van der Waals surface area (Å²) < 4.78 is 8.80. The van der Waals surface area contributed by atoms with Gasteiger partial charge in [0.25, 0.3) is 0 Å². The molecular weight excluding hydrogens is 665 g/mol. The molecular formula is C49H32N2OS. The predicted molar refractivity (Wildman–Crippen MR) is 223 cm³/mol. The molecule has 0 bridgehead atoms. The zero-order valence-electron chi connectivity index (χ0n) is 28.7. The van der Waals surface area contributed by atoms with E-state index in [1.807, 2.05) is 30.3 Å². The first kappa shape index (κ1) is 31.0. The SMILES string of the molecule is c1ccc(-c2ccc(N(c3ccccc3)c3ccc(-c4cccc5sc6cc7nc(-c8ccccc8)oc7cc6c45)c(-c4ccccc4)c3)cc2)cc1. The van der Waals surface area contributed by atoms with E-state index in [-0.39, 0.29) is 0 Å². The first-order valence-corrected chi connectivity index (χ1v) is 18.6. The normalized spacial score (nSPS) is 11.4.